The van der Waals surface area contributed by atoms with E-state index in [-0.39, 0.29) is 24.6 Å². The third kappa shape index (κ3) is 1.42. The minimum atomic E-state index is -0.765. The predicted molar refractivity (Wildman–Crippen MR) is 54.6 cm³/mol. The Hall–Kier alpha value is -1.39. The van der Waals surface area contributed by atoms with E-state index in [4.69, 9.17) is 9.47 Å². The third-order valence-electron chi connectivity index (χ3n) is 3.10. The summed E-state index contributed by atoms with van der Waals surface area (Å²) in [5.41, 5.74) is 0.917. The maximum absolute atomic E-state index is 11.0. The SMILES string of the molecule is O=C1C[C@@H]2OC(c3ccccc3)C(O)[C@@H]2O1. The minimum Gasteiger partial charge on any atom is -0.457 e. The van der Waals surface area contributed by atoms with Crippen LogP contribution >= 0.6 is 0 Å². The highest BCUT2D eigenvalue weighted by molar-refractivity contribution is 5.73. The molecule has 1 aromatic rings. The monoisotopic (exact) mass is 220 g/mol. The van der Waals surface area contributed by atoms with Crippen molar-refractivity contribution in [2.45, 2.75) is 30.8 Å². The van der Waals surface area contributed by atoms with Crippen molar-refractivity contribution < 1.29 is 19.4 Å². The Balaban J connectivity index is 1.84. The lowest BCUT2D eigenvalue weighted by molar-refractivity contribution is -0.145. The second kappa shape index (κ2) is 3.57. The number of carbonyl (C=O) groups is 1. The lowest BCUT2D eigenvalue weighted by Gasteiger charge is -2.16. The highest BCUT2D eigenvalue weighted by Crippen LogP contribution is 2.39. The number of benzene rings is 1. The Kier molecular flexibility index (Phi) is 2.19. The summed E-state index contributed by atoms with van der Waals surface area (Å²) in [5, 5.41) is 10.0. The van der Waals surface area contributed by atoms with Gasteiger partial charge in [-0.1, -0.05) is 30.3 Å². The van der Waals surface area contributed by atoms with E-state index in [1.807, 2.05) is 30.3 Å². The molecule has 2 aliphatic rings. The van der Waals surface area contributed by atoms with E-state index < -0.39 is 12.2 Å². The molecule has 0 saturated carbocycles. The molecule has 1 N–H and O–H groups in total. The van der Waals surface area contributed by atoms with Crippen molar-refractivity contribution in [2.75, 3.05) is 0 Å². The average molecular weight is 220 g/mol. The summed E-state index contributed by atoms with van der Waals surface area (Å²) >= 11 is 0. The van der Waals surface area contributed by atoms with E-state index >= 15 is 0 Å². The molecule has 2 saturated heterocycles. The fourth-order valence-electron chi connectivity index (χ4n) is 2.33. The maximum Gasteiger partial charge on any atom is 0.309 e. The van der Waals surface area contributed by atoms with E-state index in [9.17, 15) is 9.90 Å². The molecule has 4 atom stereocenters. The zero-order valence-electron chi connectivity index (χ0n) is 8.58. The number of fused-ring (bicyclic) bond motifs is 1. The first-order valence-corrected chi connectivity index (χ1v) is 5.33. The quantitative estimate of drug-likeness (QED) is 0.711. The van der Waals surface area contributed by atoms with Gasteiger partial charge in [-0.3, -0.25) is 4.79 Å². The van der Waals surface area contributed by atoms with Gasteiger partial charge in [-0.2, -0.15) is 0 Å². The van der Waals surface area contributed by atoms with Gasteiger partial charge < -0.3 is 14.6 Å². The van der Waals surface area contributed by atoms with Crippen molar-refractivity contribution >= 4 is 5.97 Å². The number of rotatable bonds is 1. The van der Waals surface area contributed by atoms with Crippen LogP contribution in [0.2, 0.25) is 0 Å². The Labute approximate surface area is 92.8 Å². The molecule has 0 amide bonds. The van der Waals surface area contributed by atoms with Crippen LogP contribution < -0.4 is 0 Å². The van der Waals surface area contributed by atoms with Gasteiger partial charge in [0.05, 0.1) is 6.42 Å². The second-order valence-electron chi connectivity index (χ2n) is 4.16. The van der Waals surface area contributed by atoms with E-state index in [1.54, 1.807) is 0 Å². The number of hydrogen-bond acceptors (Lipinski definition) is 4. The van der Waals surface area contributed by atoms with Crippen LogP contribution in [-0.4, -0.2) is 29.4 Å². The van der Waals surface area contributed by atoms with Gasteiger partial charge in [-0.25, -0.2) is 0 Å². The fraction of sp³-hybridized carbons (Fsp3) is 0.417. The number of esters is 1. The third-order valence-corrected chi connectivity index (χ3v) is 3.10. The van der Waals surface area contributed by atoms with Crippen LogP contribution in [0.5, 0.6) is 0 Å². The topological polar surface area (TPSA) is 55.8 Å². The smallest absolute Gasteiger partial charge is 0.309 e. The molecule has 3 rings (SSSR count). The zero-order valence-corrected chi connectivity index (χ0v) is 8.58. The average Bonchev–Trinajstić information content (AvgIpc) is 2.79. The van der Waals surface area contributed by atoms with Crippen LogP contribution in [0.25, 0.3) is 0 Å². The summed E-state index contributed by atoms with van der Waals surface area (Å²) in [6.45, 7) is 0. The van der Waals surface area contributed by atoms with Crippen molar-refractivity contribution in [3.63, 3.8) is 0 Å². The molecule has 2 fully saturated rings. The summed E-state index contributed by atoms with van der Waals surface area (Å²) in [4.78, 5) is 11.0. The molecule has 0 aliphatic carbocycles. The van der Waals surface area contributed by atoms with Gasteiger partial charge in [-0.05, 0) is 5.56 Å². The van der Waals surface area contributed by atoms with Gasteiger partial charge in [0.25, 0.3) is 0 Å². The van der Waals surface area contributed by atoms with Crippen LogP contribution in [0, 0.1) is 0 Å². The van der Waals surface area contributed by atoms with E-state index in [1.165, 1.54) is 0 Å². The van der Waals surface area contributed by atoms with Crippen LogP contribution in [0.4, 0.5) is 0 Å². The molecule has 4 nitrogen and oxygen atoms in total. The summed E-state index contributed by atoms with van der Waals surface area (Å²) < 4.78 is 10.7. The summed E-state index contributed by atoms with van der Waals surface area (Å²) in [5.74, 6) is -0.291. The molecule has 2 heterocycles. The van der Waals surface area contributed by atoms with Crippen LogP contribution in [0.15, 0.2) is 30.3 Å². The molecule has 0 bridgehead atoms. The number of aliphatic hydroxyl groups is 1. The van der Waals surface area contributed by atoms with Gasteiger partial charge in [0.1, 0.15) is 18.3 Å². The lowest BCUT2D eigenvalue weighted by atomic mass is 10.0. The number of ether oxygens (including phenoxy) is 2. The molecule has 2 aliphatic heterocycles. The summed E-state index contributed by atoms with van der Waals surface area (Å²) in [6.07, 6.45) is -1.71. The Morgan fingerprint density at radius 1 is 1.25 bits per heavy atom. The summed E-state index contributed by atoms with van der Waals surface area (Å²) in [7, 11) is 0. The van der Waals surface area contributed by atoms with Gasteiger partial charge in [-0.15, -0.1) is 0 Å². The first kappa shape index (κ1) is 9.81. The Morgan fingerprint density at radius 3 is 2.69 bits per heavy atom. The van der Waals surface area contributed by atoms with Gasteiger partial charge in [0.2, 0.25) is 0 Å². The van der Waals surface area contributed by atoms with Crippen LogP contribution in [-0.2, 0) is 14.3 Å². The van der Waals surface area contributed by atoms with Crippen molar-refractivity contribution in [1.82, 2.24) is 0 Å². The molecule has 1 aromatic carbocycles. The number of carbonyl (C=O) groups excluding carboxylic acids is 1. The predicted octanol–water partition coefficient (Wildman–Crippen LogP) is 0.803. The summed E-state index contributed by atoms with van der Waals surface area (Å²) in [6, 6.07) is 9.50. The van der Waals surface area contributed by atoms with Crippen molar-refractivity contribution in [1.29, 1.82) is 0 Å². The molecule has 0 aromatic heterocycles. The van der Waals surface area contributed by atoms with Crippen LogP contribution in [0.3, 0.4) is 0 Å². The van der Waals surface area contributed by atoms with E-state index in [0.717, 1.165) is 5.56 Å². The Bertz CT molecular complexity index is 403. The maximum atomic E-state index is 11.0. The minimum absolute atomic E-state index is 0.241. The van der Waals surface area contributed by atoms with Crippen molar-refractivity contribution in [2.24, 2.45) is 0 Å². The van der Waals surface area contributed by atoms with Gasteiger partial charge in [0, 0.05) is 0 Å². The molecule has 4 heteroatoms. The van der Waals surface area contributed by atoms with Crippen molar-refractivity contribution in [3.05, 3.63) is 35.9 Å². The van der Waals surface area contributed by atoms with Gasteiger partial charge in [0.15, 0.2) is 6.10 Å². The van der Waals surface area contributed by atoms with Crippen molar-refractivity contribution in [3.8, 4) is 0 Å². The first-order chi connectivity index (χ1) is 7.75. The Morgan fingerprint density at radius 2 is 2.00 bits per heavy atom. The molecule has 16 heavy (non-hydrogen) atoms. The first-order valence-electron chi connectivity index (χ1n) is 5.33. The normalized spacial score (nSPS) is 37.2. The van der Waals surface area contributed by atoms with Gasteiger partial charge >= 0.3 is 5.97 Å². The highest BCUT2D eigenvalue weighted by Gasteiger charge is 2.51. The van der Waals surface area contributed by atoms with Crippen LogP contribution in [0.1, 0.15) is 18.1 Å². The molecule has 2 unspecified atom stereocenters. The fourth-order valence-corrected chi connectivity index (χ4v) is 2.33. The molecular formula is C12H12O4. The second-order valence-corrected chi connectivity index (χ2v) is 4.16. The number of hydrogen-bond donors (Lipinski definition) is 1. The lowest BCUT2D eigenvalue weighted by Crippen LogP contribution is -2.28. The molecular weight excluding hydrogens is 208 g/mol. The van der Waals surface area contributed by atoms with E-state index in [2.05, 4.69) is 0 Å². The molecule has 0 spiro atoms. The number of aliphatic hydroxyl groups excluding tert-OH is 1. The zero-order chi connectivity index (χ0) is 11.1. The van der Waals surface area contributed by atoms with E-state index in [0.29, 0.717) is 0 Å². The molecule has 0 radical (unpaired) electrons. The molecule has 84 valence electrons. The highest BCUT2D eigenvalue weighted by atomic mass is 16.6. The largest absolute Gasteiger partial charge is 0.457 e. The standard InChI is InChI=1S/C12H12O4/c13-9-6-8-12(16-9)10(14)11(15-8)7-4-2-1-3-5-7/h1-5,8,10-12,14H,6H2/t8-,10?,11?,12+/m0/s1.